The topological polar surface area (TPSA) is 122 Å². The molecule has 9 nitrogen and oxygen atoms in total. The van der Waals surface area contributed by atoms with Crippen LogP contribution in [0.25, 0.3) is 0 Å². The first-order valence-electron chi connectivity index (χ1n) is 9.47. The zero-order valence-electron chi connectivity index (χ0n) is 17.5. The van der Waals surface area contributed by atoms with Crippen LogP contribution in [0.4, 0.5) is 11.4 Å². The summed E-state index contributed by atoms with van der Waals surface area (Å²) in [5, 5.41) is 2.69. The number of sulfonamides is 1. The van der Waals surface area contributed by atoms with Gasteiger partial charge in [-0.1, -0.05) is 26.0 Å². The van der Waals surface area contributed by atoms with Gasteiger partial charge >= 0.3 is 0 Å². The van der Waals surface area contributed by atoms with E-state index < -0.39 is 33.8 Å². The van der Waals surface area contributed by atoms with Crippen LogP contribution in [-0.4, -0.2) is 50.4 Å². The molecule has 1 unspecified atom stereocenters. The third-order valence-electron chi connectivity index (χ3n) is 4.77. The van der Waals surface area contributed by atoms with Crippen LogP contribution >= 0.6 is 0 Å². The molecule has 2 aromatic carbocycles. The first kappa shape index (κ1) is 22.3. The minimum absolute atomic E-state index is 0.199. The van der Waals surface area contributed by atoms with E-state index >= 15 is 0 Å². The Balaban J connectivity index is 1.87. The number of hydrogen-bond donors (Lipinski definition) is 2. The molecule has 0 saturated carbocycles. The number of hydrogen-bond acceptors (Lipinski definition) is 6. The largest absolute Gasteiger partial charge is 0.494 e. The van der Waals surface area contributed by atoms with Crippen molar-refractivity contribution in [3.8, 4) is 5.75 Å². The summed E-state index contributed by atoms with van der Waals surface area (Å²) in [7, 11) is -2.15. The van der Waals surface area contributed by atoms with Gasteiger partial charge in [-0.15, -0.1) is 0 Å². The Morgan fingerprint density at radius 2 is 1.61 bits per heavy atom. The van der Waals surface area contributed by atoms with Crippen LogP contribution in [0, 0.1) is 5.92 Å². The molecule has 0 spiro atoms. The molecule has 0 aromatic heterocycles. The molecular weight excluding hydrogens is 422 g/mol. The number of rotatable bonds is 7. The van der Waals surface area contributed by atoms with Crippen molar-refractivity contribution in [2.24, 2.45) is 5.92 Å². The van der Waals surface area contributed by atoms with E-state index in [9.17, 15) is 22.8 Å². The molecule has 10 heteroatoms. The molecule has 31 heavy (non-hydrogen) atoms. The van der Waals surface area contributed by atoms with Crippen molar-refractivity contribution in [3.63, 3.8) is 0 Å². The summed E-state index contributed by atoms with van der Waals surface area (Å²) in [6.45, 7) is 3.49. The molecule has 2 N–H and O–H groups in total. The molecule has 0 saturated heterocycles. The lowest BCUT2D eigenvalue weighted by Gasteiger charge is -2.28. The van der Waals surface area contributed by atoms with Gasteiger partial charge in [0.2, 0.25) is 15.9 Å². The lowest BCUT2D eigenvalue weighted by Crippen LogP contribution is -2.50. The average molecular weight is 445 g/mol. The number of nitrogens with one attached hydrogen (secondary N) is 2. The fraction of sp³-hybridized carbons (Fsp3) is 0.286. The zero-order valence-corrected chi connectivity index (χ0v) is 18.3. The molecule has 0 radical (unpaired) electrons. The maximum atomic E-state index is 13.1. The minimum atomic E-state index is -3.52. The van der Waals surface area contributed by atoms with E-state index in [0.717, 1.165) is 11.2 Å². The highest BCUT2D eigenvalue weighted by Gasteiger charge is 2.43. The Kier molecular flexibility index (Phi) is 6.03. The molecule has 0 fully saturated rings. The number of imide groups is 1. The fourth-order valence-electron chi connectivity index (χ4n) is 3.45. The number of carbonyl (C=O) groups is 3. The summed E-state index contributed by atoms with van der Waals surface area (Å²) >= 11 is 0. The van der Waals surface area contributed by atoms with E-state index in [2.05, 4.69) is 10.0 Å². The van der Waals surface area contributed by atoms with Gasteiger partial charge in [-0.3, -0.25) is 24.0 Å². The second-order valence-electron chi connectivity index (χ2n) is 7.49. The van der Waals surface area contributed by atoms with Crippen LogP contribution in [0.3, 0.4) is 0 Å². The molecule has 1 atom stereocenters. The van der Waals surface area contributed by atoms with Gasteiger partial charge in [0, 0.05) is 11.8 Å². The molecule has 3 amide bonds. The molecule has 0 bridgehead atoms. The van der Waals surface area contributed by atoms with Crippen LogP contribution < -0.4 is 14.8 Å². The van der Waals surface area contributed by atoms with Gasteiger partial charge in [-0.05, 0) is 30.2 Å². The summed E-state index contributed by atoms with van der Waals surface area (Å²) in [4.78, 5) is 39.7. The van der Waals surface area contributed by atoms with Gasteiger partial charge in [-0.25, -0.2) is 8.42 Å². The Morgan fingerprint density at radius 1 is 1.03 bits per heavy atom. The smallest absolute Gasteiger partial charge is 0.262 e. The maximum Gasteiger partial charge on any atom is 0.262 e. The Hall–Kier alpha value is -3.40. The van der Waals surface area contributed by atoms with Gasteiger partial charge in [0.15, 0.2) is 0 Å². The molecule has 3 rings (SSSR count). The lowest BCUT2D eigenvalue weighted by molar-refractivity contribution is -0.121. The molecular formula is C21H23N3O6S. The van der Waals surface area contributed by atoms with Crippen molar-refractivity contribution in [2.45, 2.75) is 19.9 Å². The summed E-state index contributed by atoms with van der Waals surface area (Å²) in [6, 6.07) is 9.80. The summed E-state index contributed by atoms with van der Waals surface area (Å²) in [5.74, 6) is -1.73. The second kappa shape index (κ2) is 8.38. The first-order valence-corrected chi connectivity index (χ1v) is 11.4. The van der Waals surface area contributed by atoms with Crippen molar-refractivity contribution in [3.05, 3.63) is 53.6 Å². The van der Waals surface area contributed by atoms with Crippen molar-refractivity contribution in [1.82, 2.24) is 4.90 Å². The number of carbonyl (C=O) groups excluding carboxylic acids is 3. The number of methoxy groups -OCH3 is 1. The number of nitrogens with zero attached hydrogens (tertiary/aromatic N) is 1. The minimum Gasteiger partial charge on any atom is -0.494 e. The van der Waals surface area contributed by atoms with Gasteiger partial charge in [0.1, 0.15) is 11.8 Å². The van der Waals surface area contributed by atoms with Crippen molar-refractivity contribution < 1.29 is 27.5 Å². The number of amides is 3. The van der Waals surface area contributed by atoms with Gasteiger partial charge < -0.3 is 10.1 Å². The normalized spacial score (nSPS) is 14.4. The zero-order chi connectivity index (χ0) is 22.9. The number of fused-ring (bicyclic) bond motifs is 1. The van der Waals surface area contributed by atoms with E-state index in [4.69, 9.17) is 4.74 Å². The van der Waals surface area contributed by atoms with E-state index in [0.29, 0.717) is 5.69 Å². The molecule has 1 aliphatic rings. The SMILES string of the molecule is COc1cc(NC(=O)C(C(C)C)N2C(=O)c3ccccc3C2=O)ccc1NS(C)(=O)=O. The van der Waals surface area contributed by atoms with E-state index in [1.54, 1.807) is 38.1 Å². The van der Waals surface area contributed by atoms with Gasteiger partial charge in [0.25, 0.3) is 11.8 Å². The monoisotopic (exact) mass is 445 g/mol. The molecule has 1 aliphatic heterocycles. The first-order chi connectivity index (χ1) is 14.5. The number of ether oxygens (including phenoxy) is 1. The van der Waals surface area contributed by atoms with Crippen molar-refractivity contribution in [1.29, 1.82) is 0 Å². The van der Waals surface area contributed by atoms with Crippen LogP contribution in [-0.2, 0) is 14.8 Å². The van der Waals surface area contributed by atoms with Crippen molar-refractivity contribution >= 4 is 39.1 Å². The van der Waals surface area contributed by atoms with Crippen molar-refractivity contribution in [2.75, 3.05) is 23.4 Å². The van der Waals surface area contributed by atoms with Gasteiger partial charge in [-0.2, -0.15) is 0 Å². The molecule has 164 valence electrons. The van der Waals surface area contributed by atoms with Crippen LogP contribution in [0.5, 0.6) is 5.75 Å². The predicted molar refractivity (Wildman–Crippen MR) is 116 cm³/mol. The average Bonchev–Trinajstić information content (AvgIpc) is 2.93. The molecule has 0 aliphatic carbocycles. The summed E-state index contributed by atoms with van der Waals surface area (Å²) < 4.78 is 30.5. The molecule has 2 aromatic rings. The van der Waals surface area contributed by atoms with Crippen LogP contribution in [0.2, 0.25) is 0 Å². The second-order valence-corrected chi connectivity index (χ2v) is 9.24. The third-order valence-corrected chi connectivity index (χ3v) is 5.36. The number of benzene rings is 2. The highest BCUT2D eigenvalue weighted by atomic mass is 32.2. The van der Waals surface area contributed by atoms with Gasteiger partial charge in [0.05, 0.1) is 30.2 Å². The highest BCUT2D eigenvalue weighted by molar-refractivity contribution is 7.92. The number of anilines is 2. The Bertz CT molecular complexity index is 1120. The fourth-order valence-corrected chi connectivity index (χ4v) is 4.02. The predicted octanol–water partition coefficient (Wildman–Crippen LogP) is 2.33. The molecule has 1 heterocycles. The Morgan fingerprint density at radius 3 is 2.10 bits per heavy atom. The standard InChI is InChI=1S/C21H23N3O6S/c1-12(2)18(24-20(26)14-7-5-6-8-15(14)21(24)27)19(25)22-13-9-10-16(17(11-13)30-3)23-31(4,28)29/h5-12,18,23H,1-4H3,(H,22,25). The highest BCUT2D eigenvalue weighted by Crippen LogP contribution is 2.30. The lowest BCUT2D eigenvalue weighted by atomic mass is 10.0. The van der Waals surface area contributed by atoms with E-state index in [1.165, 1.54) is 25.3 Å². The Labute approximate surface area is 180 Å². The van der Waals surface area contributed by atoms with Crippen LogP contribution in [0.15, 0.2) is 42.5 Å². The van der Waals surface area contributed by atoms with E-state index in [1.807, 2.05) is 0 Å². The third kappa shape index (κ3) is 4.53. The maximum absolute atomic E-state index is 13.1. The van der Waals surface area contributed by atoms with Crippen LogP contribution in [0.1, 0.15) is 34.6 Å². The quantitative estimate of drug-likeness (QED) is 0.631. The summed E-state index contributed by atoms with van der Waals surface area (Å²) in [5.41, 5.74) is 1.07. The summed E-state index contributed by atoms with van der Waals surface area (Å²) in [6.07, 6.45) is 1.01. The van der Waals surface area contributed by atoms with E-state index in [-0.39, 0.29) is 28.5 Å².